The average molecular weight is 507 g/mol. The first kappa shape index (κ1) is 26.6. The van der Waals surface area contributed by atoms with Crippen molar-refractivity contribution < 1.29 is 13.7 Å². The van der Waals surface area contributed by atoms with E-state index >= 15 is 0 Å². The summed E-state index contributed by atoms with van der Waals surface area (Å²) in [6.45, 7) is 0.928. The van der Waals surface area contributed by atoms with Gasteiger partial charge in [0.1, 0.15) is 18.6 Å². The van der Waals surface area contributed by atoms with Crippen LogP contribution in [-0.4, -0.2) is 20.7 Å². The number of hydrogen-bond acceptors (Lipinski definition) is 3. The van der Waals surface area contributed by atoms with E-state index < -0.39 is 0 Å². The molecule has 0 N–H and O–H groups in total. The molecule has 5 heteroatoms. The van der Waals surface area contributed by atoms with Crippen LogP contribution in [-0.2, 0) is 7.05 Å². The molecule has 1 aromatic heterocycles. The maximum atomic E-state index is 13.6. The van der Waals surface area contributed by atoms with E-state index in [1.54, 1.807) is 7.11 Å². The molecule has 0 saturated carbocycles. The van der Waals surface area contributed by atoms with Crippen molar-refractivity contribution in [2.24, 2.45) is 7.05 Å². The summed E-state index contributed by atoms with van der Waals surface area (Å²) in [6.07, 6.45) is 6.76. The van der Waals surface area contributed by atoms with E-state index in [0.717, 1.165) is 64.5 Å². The second-order valence-corrected chi connectivity index (χ2v) is 9.31. The Kier molecular flexibility index (Phi) is 8.89. The van der Waals surface area contributed by atoms with Crippen LogP contribution in [0.2, 0.25) is 0 Å². The highest BCUT2D eigenvalue weighted by Gasteiger charge is 2.17. The van der Waals surface area contributed by atoms with Crippen molar-refractivity contribution in [1.29, 1.82) is 5.26 Å². The molecule has 4 nitrogen and oxygen atoms in total. The Labute approximate surface area is 224 Å². The predicted molar refractivity (Wildman–Crippen MR) is 153 cm³/mol. The molecule has 0 aliphatic rings. The number of rotatable bonds is 10. The maximum absolute atomic E-state index is 13.6. The number of unbranched alkanes of at least 4 members (excludes halogenated alkanes) is 2. The molecule has 4 rings (SSSR count). The van der Waals surface area contributed by atoms with E-state index in [1.165, 1.54) is 12.1 Å². The predicted octanol–water partition coefficient (Wildman–Crippen LogP) is 7.29. The summed E-state index contributed by atoms with van der Waals surface area (Å²) in [5, 5.41) is 8.71. The number of anilines is 1. The van der Waals surface area contributed by atoms with E-state index in [2.05, 4.69) is 71.1 Å². The number of nitrogens with zero attached hydrogens (tertiary/aromatic N) is 3. The second-order valence-electron chi connectivity index (χ2n) is 9.31. The lowest BCUT2D eigenvalue weighted by Crippen LogP contribution is -2.34. The van der Waals surface area contributed by atoms with Gasteiger partial charge in [-0.3, -0.25) is 0 Å². The van der Waals surface area contributed by atoms with Crippen LogP contribution < -0.4 is 14.2 Å². The van der Waals surface area contributed by atoms with Gasteiger partial charge in [-0.2, -0.15) is 9.83 Å². The summed E-state index contributed by atoms with van der Waals surface area (Å²) in [6, 6.07) is 29.6. The highest BCUT2D eigenvalue weighted by atomic mass is 19.1. The quantitative estimate of drug-likeness (QED) is 0.167. The van der Waals surface area contributed by atoms with Crippen molar-refractivity contribution >= 4 is 17.8 Å². The summed E-state index contributed by atoms with van der Waals surface area (Å²) in [7, 11) is 5.77. The Morgan fingerprint density at radius 2 is 1.55 bits per heavy atom. The third kappa shape index (κ3) is 6.66. The van der Waals surface area contributed by atoms with Gasteiger partial charge in [-0.1, -0.05) is 24.3 Å². The molecule has 192 valence electrons. The van der Waals surface area contributed by atoms with Gasteiger partial charge in [-0.25, -0.2) is 4.39 Å². The molecule has 0 amide bonds. The zero-order valence-corrected chi connectivity index (χ0v) is 22.2. The van der Waals surface area contributed by atoms with Gasteiger partial charge in [0.25, 0.3) is 0 Å². The van der Waals surface area contributed by atoms with E-state index in [-0.39, 0.29) is 5.82 Å². The fourth-order valence-corrected chi connectivity index (χ4v) is 4.39. The first-order chi connectivity index (χ1) is 18.5. The van der Waals surface area contributed by atoms with Crippen molar-refractivity contribution in [2.45, 2.75) is 19.3 Å². The van der Waals surface area contributed by atoms with Gasteiger partial charge in [0.05, 0.1) is 13.2 Å². The molecule has 4 aromatic rings. The Balaban J connectivity index is 1.63. The van der Waals surface area contributed by atoms with Crippen LogP contribution in [0.5, 0.6) is 5.75 Å². The molecule has 0 saturated heterocycles. The summed E-state index contributed by atoms with van der Waals surface area (Å²) in [4.78, 5) is 2.22. The SMILES string of the molecule is COc1ccc(-c2cc(C=Cc3ccc(N(C)CCCCC#N)cc3)[n+](C)c(-c3ccc(F)cc3)c2)cc1. The number of pyridine rings is 1. The fourth-order valence-electron chi connectivity index (χ4n) is 4.39. The van der Waals surface area contributed by atoms with Gasteiger partial charge in [0, 0.05) is 49.5 Å². The molecule has 38 heavy (non-hydrogen) atoms. The van der Waals surface area contributed by atoms with Crippen molar-refractivity contribution in [3.63, 3.8) is 0 Å². The van der Waals surface area contributed by atoms with Crippen LogP contribution in [0.25, 0.3) is 34.5 Å². The lowest BCUT2D eigenvalue weighted by molar-refractivity contribution is -0.662. The van der Waals surface area contributed by atoms with Crippen LogP contribution in [0.4, 0.5) is 10.1 Å². The monoisotopic (exact) mass is 506 g/mol. The fraction of sp³-hybridized carbons (Fsp3) is 0.212. The largest absolute Gasteiger partial charge is 0.497 e. The smallest absolute Gasteiger partial charge is 0.213 e. The van der Waals surface area contributed by atoms with Crippen LogP contribution >= 0.6 is 0 Å². The Hall–Kier alpha value is -4.43. The Bertz CT molecular complexity index is 1420. The van der Waals surface area contributed by atoms with Crippen LogP contribution in [0.15, 0.2) is 84.9 Å². The summed E-state index contributed by atoms with van der Waals surface area (Å²) < 4.78 is 21.1. The molecule has 3 aromatic carbocycles. The van der Waals surface area contributed by atoms with Crippen LogP contribution in [0.3, 0.4) is 0 Å². The number of nitriles is 1. The molecule has 0 unspecified atom stereocenters. The third-order valence-corrected chi connectivity index (χ3v) is 6.72. The topological polar surface area (TPSA) is 40.1 Å². The standard InChI is InChI=1S/C33H33FN3O/c1-36(22-6-4-5-21-35)30-16-7-25(8-17-30)9-18-31-23-28(26-12-19-32(38-3)20-13-26)24-33(37(31)2)27-10-14-29(34)15-11-27/h7-20,23-24H,4-6,22H2,1-3H3/q+1. The van der Waals surface area contributed by atoms with E-state index in [9.17, 15) is 4.39 Å². The summed E-state index contributed by atoms with van der Waals surface area (Å²) in [5.74, 6) is 0.560. The highest BCUT2D eigenvalue weighted by Crippen LogP contribution is 2.27. The minimum Gasteiger partial charge on any atom is -0.497 e. The molecule has 0 aliphatic heterocycles. The molecule has 0 atom stereocenters. The molecule has 0 bridgehead atoms. The lowest BCUT2D eigenvalue weighted by atomic mass is 10.0. The average Bonchev–Trinajstić information content (AvgIpc) is 2.95. The first-order valence-corrected chi connectivity index (χ1v) is 12.8. The molecular weight excluding hydrogens is 473 g/mol. The number of benzene rings is 3. The minimum absolute atomic E-state index is 0.251. The number of ether oxygens (including phenoxy) is 1. The number of methoxy groups -OCH3 is 1. The van der Waals surface area contributed by atoms with E-state index in [1.807, 2.05) is 43.4 Å². The van der Waals surface area contributed by atoms with Crippen molar-refractivity contribution in [1.82, 2.24) is 0 Å². The molecule has 0 fully saturated rings. The van der Waals surface area contributed by atoms with Crippen LogP contribution in [0, 0.1) is 17.1 Å². The zero-order valence-electron chi connectivity index (χ0n) is 22.2. The van der Waals surface area contributed by atoms with Gasteiger partial charge < -0.3 is 9.64 Å². The molecule has 1 heterocycles. The zero-order chi connectivity index (χ0) is 26.9. The number of halogens is 1. The number of aromatic nitrogens is 1. The third-order valence-electron chi connectivity index (χ3n) is 6.72. The highest BCUT2D eigenvalue weighted by molar-refractivity contribution is 5.74. The van der Waals surface area contributed by atoms with Gasteiger partial charge in [0.2, 0.25) is 11.4 Å². The van der Waals surface area contributed by atoms with Crippen LogP contribution in [0.1, 0.15) is 30.5 Å². The van der Waals surface area contributed by atoms with Gasteiger partial charge in [-0.15, -0.1) is 0 Å². The van der Waals surface area contributed by atoms with E-state index in [0.29, 0.717) is 6.42 Å². The van der Waals surface area contributed by atoms with Crippen molar-refractivity contribution in [3.8, 4) is 34.2 Å². The summed E-state index contributed by atoms with van der Waals surface area (Å²) >= 11 is 0. The Morgan fingerprint density at radius 3 is 2.21 bits per heavy atom. The lowest BCUT2D eigenvalue weighted by Gasteiger charge is -2.19. The van der Waals surface area contributed by atoms with E-state index in [4.69, 9.17) is 10.00 Å². The molecular formula is C33H33FN3O+. The molecule has 0 spiro atoms. The maximum Gasteiger partial charge on any atom is 0.213 e. The number of hydrogen-bond donors (Lipinski definition) is 0. The van der Waals surface area contributed by atoms with Gasteiger partial charge >= 0.3 is 0 Å². The normalized spacial score (nSPS) is 10.9. The molecule has 0 radical (unpaired) electrons. The first-order valence-electron chi connectivity index (χ1n) is 12.8. The minimum atomic E-state index is -0.251. The van der Waals surface area contributed by atoms with Gasteiger partial charge in [0.15, 0.2) is 0 Å². The second kappa shape index (κ2) is 12.7. The summed E-state index contributed by atoms with van der Waals surface area (Å²) in [5.41, 5.74) is 7.36. The van der Waals surface area contributed by atoms with Gasteiger partial charge in [-0.05, 0) is 84.1 Å². The van der Waals surface area contributed by atoms with Crippen molar-refractivity contribution in [2.75, 3.05) is 25.6 Å². The Morgan fingerprint density at radius 1 is 0.868 bits per heavy atom. The molecule has 0 aliphatic carbocycles. The van der Waals surface area contributed by atoms with Crippen molar-refractivity contribution in [3.05, 3.63) is 102 Å².